The molecule has 21 heavy (non-hydrogen) atoms. The molecule has 0 aliphatic heterocycles. The zero-order chi connectivity index (χ0) is 15.4. The van der Waals surface area contributed by atoms with E-state index in [1.54, 1.807) is 12.1 Å². The van der Waals surface area contributed by atoms with Crippen molar-refractivity contribution in [3.8, 4) is 5.75 Å². The molecule has 2 rings (SSSR count). The van der Waals surface area contributed by atoms with Gasteiger partial charge in [0, 0.05) is 18.1 Å². The molecular weight excluding hydrogens is 307 g/mol. The average molecular weight is 325 g/mol. The quantitative estimate of drug-likeness (QED) is 0.840. The molecule has 0 fully saturated rings. The van der Waals surface area contributed by atoms with Gasteiger partial charge in [0.2, 0.25) is 0 Å². The monoisotopic (exact) mass is 324 g/mol. The van der Waals surface area contributed by atoms with E-state index in [0.717, 1.165) is 5.56 Å². The largest absolute Gasteiger partial charge is 0.492 e. The molecule has 1 unspecified atom stereocenters. The Hall–Kier alpha value is -1.22. The normalized spacial score (nSPS) is 12.2. The highest BCUT2D eigenvalue weighted by Gasteiger charge is 2.16. The van der Waals surface area contributed by atoms with Crippen molar-refractivity contribution in [2.24, 2.45) is 0 Å². The zero-order valence-corrected chi connectivity index (χ0v) is 13.6. The second-order valence-electron chi connectivity index (χ2n) is 4.94. The van der Waals surface area contributed by atoms with E-state index in [9.17, 15) is 5.11 Å². The van der Waals surface area contributed by atoms with Crippen LogP contribution in [0.3, 0.4) is 0 Å². The summed E-state index contributed by atoms with van der Waals surface area (Å²) in [5.74, 6) is 0.537. The summed E-state index contributed by atoms with van der Waals surface area (Å²) < 4.78 is 5.39. The molecule has 0 saturated heterocycles. The second kappa shape index (κ2) is 7.17. The Morgan fingerprint density at radius 2 is 1.76 bits per heavy atom. The fourth-order valence-corrected chi connectivity index (χ4v) is 2.63. The van der Waals surface area contributed by atoms with Gasteiger partial charge in [0.1, 0.15) is 5.75 Å². The lowest BCUT2D eigenvalue weighted by Crippen LogP contribution is -2.03. The van der Waals surface area contributed by atoms with Gasteiger partial charge in [0.05, 0.1) is 22.8 Å². The minimum Gasteiger partial charge on any atom is -0.492 e. The van der Waals surface area contributed by atoms with E-state index in [1.165, 1.54) is 5.56 Å². The molecule has 0 saturated carbocycles. The molecule has 0 aromatic heterocycles. The number of aliphatic hydroxyl groups is 1. The van der Waals surface area contributed by atoms with Crippen LogP contribution < -0.4 is 4.74 Å². The SMILES string of the molecule is CCOc1cc(Cl)c(C(O)Cc2ccc(C)cc2)cc1Cl. The van der Waals surface area contributed by atoms with Gasteiger partial charge in [-0.2, -0.15) is 0 Å². The zero-order valence-electron chi connectivity index (χ0n) is 12.1. The smallest absolute Gasteiger partial charge is 0.139 e. The van der Waals surface area contributed by atoms with Crippen LogP contribution in [-0.2, 0) is 6.42 Å². The Morgan fingerprint density at radius 1 is 1.10 bits per heavy atom. The number of hydrogen-bond donors (Lipinski definition) is 1. The molecule has 4 heteroatoms. The van der Waals surface area contributed by atoms with Crippen LogP contribution in [0.4, 0.5) is 0 Å². The second-order valence-corrected chi connectivity index (χ2v) is 5.76. The first-order chi connectivity index (χ1) is 10.0. The van der Waals surface area contributed by atoms with E-state index >= 15 is 0 Å². The highest BCUT2D eigenvalue weighted by molar-refractivity contribution is 6.34. The van der Waals surface area contributed by atoms with Gasteiger partial charge in [0.25, 0.3) is 0 Å². The first-order valence-electron chi connectivity index (χ1n) is 6.86. The molecule has 0 radical (unpaired) electrons. The summed E-state index contributed by atoms with van der Waals surface area (Å²) in [4.78, 5) is 0. The van der Waals surface area contributed by atoms with Gasteiger partial charge in [-0.05, 0) is 25.5 Å². The van der Waals surface area contributed by atoms with Gasteiger partial charge in [-0.1, -0.05) is 53.0 Å². The Balaban J connectivity index is 2.20. The number of aryl methyl sites for hydroxylation is 1. The fraction of sp³-hybridized carbons (Fsp3) is 0.294. The summed E-state index contributed by atoms with van der Waals surface area (Å²) in [6, 6.07) is 11.4. The fourth-order valence-electron chi connectivity index (χ4n) is 2.12. The van der Waals surface area contributed by atoms with Crippen LogP contribution in [0.2, 0.25) is 10.0 Å². The average Bonchev–Trinajstić information content (AvgIpc) is 2.45. The molecule has 0 aliphatic carbocycles. The van der Waals surface area contributed by atoms with Crippen molar-refractivity contribution in [1.29, 1.82) is 0 Å². The number of hydrogen-bond acceptors (Lipinski definition) is 2. The van der Waals surface area contributed by atoms with E-state index < -0.39 is 6.10 Å². The standard InChI is InChI=1S/C17H18Cl2O2/c1-3-21-17-10-14(18)13(9-15(17)19)16(20)8-12-6-4-11(2)5-7-12/h4-7,9-10,16,20H,3,8H2,1-2H3. The molecule has 0 heterocycles. The van der Waals surface area contributed by atoms with Crippen molar-refractivity contribution in [2.45, 2.75) is 26.4 Å². The number of halogens is 2. The van der Waals surface area contributed by atoms with Gasteiger partial charge in [0.15, 0.2) is 0 Å². The van der Waals surface area contributed by atoms with Gasteiger partial charge in [-0.3, -0.25) is 0 Å². The van der Waals surface area contributed by atoms with Crippen LogP contribution in [0.25, 0.3) is 0 Å². The van der Waals surface area contributed by atoms with Gasteiger partial charge >= 0.3 is 0 Å². The minimum atomic E-state index is -0.701. The maximum Gasteiger partial charge on any atom is 0.139 e. The Labute approximate surface area is 135 Å². The highest BCUT2D eigenvalue weighted by atomic mass is 35.5. The third-order valence-electron chi connectivity index (χ3n) is 3.26. The van der Waals surface area contributed by atoms with Gasteiger partial charge in [-0.25, -0.2) is 0 Å². The Morgan fingerprint density at radius 3 is 2.38 bits per heavy atom. The summed E-state index contributed by atoms with van der Waals surface area (Å²) in [6.07, 6.45) is -0.210. The van der Waals surface area contributed by atoms with Crippen molar-refractivity contribution < 1.29 is 9.84 Å². The molecule has 112 valence electrons. The maximum atomic E-state index is 10.4. The third kappa shape index (κ3) is 4.13. The van der Waals surface area contributed by atoms with Crippen molar-refractivity contribution in [3.63, 3.8) is 0 Å². The Bertz CT molecular complexity index is 609. The number of rotatable bonds is 5. The first-order valence-corrected chi connectivity index (χ1v) is 7.62. The summed E-state index contributed by atoms with van der Waals surface area (Å²) in [6.45, 7) is 4.43. The Kier molecular flexibility index (Phi) is 5.51. The molecule has 0 spiro atoms. The van der Waals surface area contributed by atoms with Crippen molar-refractivity contribution >= 4 is 23.2 Å². The summed E-state index contributed by atoms with van der Waals surface area (Å²) in [7, 11) is 0. The van der Waals surface area contributed by atoms with E-state index in [0.29, 0.717) is 34.4 Å². The van der Waals surface area contributed by atoms with E-state index in [-0.39, 0.29) is 0 Å². The molecular formula is C17H18Cl2O2. The van der Waals surface area contributed by atoms with Crippen LogP contribution in [0.5, 0.6) is 5.75 Å². The lowest BCUT2D eigenvalue weighted by atomic mass is 10.0. The molecule has 0 amide bonds. The summed E-state index contributed by atoms with van der Waals surface area (Å²) in [5.41, 5.74) is 2.86. The predicted molar refractivity (Wildman–Crippen MR) is 87.5 cm³/mol. The van der Waals surface area contributed by atoms with Crippen LogP contribution in [0.15, 0.2) is 36.4 Å². The first kappa shape index (κ1) is 16.2. The van der Waals surface area contributed by atoms with Crippen LogP contribution in [0, 0.1) is 6.92 Å². The third-order valence-corrected chi connectivity index (χ3v) is 3.88. The van der Waals surface area contributed by atoms with Gasteiger partial charge in [-0.15, -0.1) is 0 Å². The van der Waals surface area contributed by atoms with Crippen molar-refractivity contribution in [1.82, 2.24) is 0 Å². The molecule has 2 nitrogen and oxygen atoms in total. The molecule has 0 bridgehead atoms. The molecule has 2 aromatic rings. The highest BCUT2D eigenvalue weighted by Crippen LogP contribution is 2.35. The van der Waals surface area contributed by atoms with Crippen molar-refractivity contribution in [2.75, 3.05) is 6.61 Å². The summed E-state index contributed by atoms with van der Waals surface area (Å²) in [5, 5.41) is 11.3. The molecule has 1 N–H and O–H groups in total. The maximum absolute atomic E-state index is 10.4. The van der Waals surface area contributed by atoms with E-state index in [2.05, 4.69) is 0 Å². The van der Waals surface area contributed by atoms with E-state index in [4.69, 9.17) is 27.9 Å². The lowest BCUT2D eigenvalue weighted by Gasteiger charge is -2.15. The summed E-state index contributed by atoms with van der Waals surface area (Å²) >= 11 is 12.4. The topological polar surface area (TPSA) is 29.5 Å². The van der Waals surface area contributed by atoms with Crippen LogP contribution in [0.1, 0.15) is 29.7 Å². The number of aliphatic hydroxyl groups excluding tert-OH is 1. The minimum absolute atomic E-state index is 0.458. The van der Waals surface area contributed by atoms with E-state index in [1.807, 2.05) is 38.1 Å². The molecule has 0 aliphatic rings. The predicted octanol–water partition coefficient (Wildman–Crippen LogP) is 4.98. The number of benzene rings is 2. The van der Waals surface area contributed by atoms with Crippen molar-refractivity contribution in [3.05, 3.63) is 63.1 Å². The number of ether oxygens (including phenoxy) is 1. The van der Waals surface area contributed by atoms with Crippen LogP contribution >= 0.6 is 23.2 Å². The van der Waals surface area contributed by atoms with Crippen LogP contribution in [-0.4, -0.2) is 11.7 Å². The lowest BCUT2D eigenvalue weighted by molar-refractivity contribution is 0.178. The van der Waals surface area contributed by atoms with Gasteiger partial charge < -0.3 is 9.84 Å². The molecule has 1 atom stereocenters. The molecule has 2 aromatic carbocycles.